The van der Waals surface area contributed by atoms with Crippen LogP contribution in [0.15, 0.2) is 42.5 Å². The fraction of sp³-hybridized carbons (Fsp3) is 0.350. The molecule has 5 nitrogen and oxygen atoms in total. The molecular formula is C20H23Cl2N3O2. The Hall–Kier alpha value is -1.95. The number of benzene rings is 2. The number of para-hydroxylation sites is 1. The Morgan fingerprint density at radius 3 is 2.48 bits per heavy atom. The molecule has 2 aromatic carbocycles. The van der Waals surface area contributed by atoms with Crippen molar-refractivity contribution in [2.45, 2.75) is 13.0 Å². The van der Waals surface area contributed by atoms with Gasteiger partial charge in [-0.25, -0.2) is 0 Å². The molecule has 3 rings (SSSR count). The van der Waals surface area contributed by atoms with Gasteiger partial charge in [0.15, 0.2) is 0 Å². The highest BCUT2D eigenvalue weighted by Gasteiger charge is 2.26. The van der Waals surface area contributed by atoms with Crippen molar-refractivity contribution in [2.24, 2.45) is 0 Å². The molecule has 27 heavy (non-hydrogen) atoms. The minimum atomic E-state index is -0.262. The third-order valence-electron chi connectivity index (χ3n) is 4.85. The van der Waals surface area contributed by atoms with Crippen LogP contribution in [0.1, 0.15) is 6.92 Å². The Labute approximate surface area is 169 Å². The first kappa shape index (κ1) is 19.8. The fourth-order valence-electron chi connectivity index (χ4n) is 3.24. The highest BCUT2D eigenvalue weighted by molar-refractivity contribution is 6.33. The number of methoxy groups -OCH3 is 1. The minimum absolute atomic E-state index is 0.0817. The van der Waals surface area contributed by atoms with Crippen molar-refractivity contribution in [1.29, 1.82) is 0 Å². The average Bonchev–Trinajstić information content (AvgIpc) is 2.68. The number of anilines is 2. The van der Waals surface area contributed by atoms with Crippen LogP contribution in [0, 0.1) is 0 Å². The lowest BCUT2D eigenvalue weighted by Crippen LogP contribution is -2.52. The van der Waals surface area contributed by atoms with Gasteiger partial charge in [-0.15, -0.1) is 0 Å². The second kappa shape index (κ2) is 8.83. The maximum absolute atomic E-state index is 12.7. The molecule has 1 unspecified atom stereocenters. The van der Waals surface area contributed by atoms with E-state index in [0.717, 1.165) is 36.9 Å². The van der Waals surface area contributed by atoms with E-state index in [1.54, 1.807) is 25.3 Å². The van der Waals surface area contributed by atoms with E-state index < -0.39 is 0 Å². The number of hydrogen-bond acceptors (Lipinski definition) is 4. The number of nitrogens with zero attached hydrogens (tertiary/aromatic N) is 2. The lowest BCUT2D eigenvalue weighted by molar-refractivity contribution is -0.120. The summed E-state index contributed by atoms with van der Waals surface area (Å²) in [6, 6.07) is 12.7. The van der Waals surface area contributed by atoms with Gasteiger partial charge in [0, 0.05) is 31.2 Å². The monoisotopic (exact) mass is 407 g/mol. The van der Waals surface area contributed by atoms with Gasteiger partial charge in [0.2, 0.25) is 5.91 Å². The minimum Gasteiger partial charge on any atom is -0.495 e. The van der Waals surface area contributed by atoms with Crippen LogP contribution in [-0.2, 0) is 4.79 Å². The fourth-order valence-corrected chi connectivity index (χ4v) is 3.67. The van der Waals surface area contributed by atoms with Crippen LogP contribution >= 0.6 is 23.2 Å². The molecule has 0 saturated carbocycles. The molecule has 1 heterocycles. The molecule has 1 atom stereocenters. The van der Waals surface area contributed by atoms with Gasteiger partial charge < -0.3 is 15.0 Å². The molecule has 0 spiro atoms. The van der Waals surface area contributed by atoms with E-state index in [4.69, 9.17) is 27.9 Å². The van der Waals surface area contributed by atoms with Gasteiger partial charge >= 0.3 is 0 Å². The van der Waals surface area contributed by atoms with Gasteiger partial charge in [0.05, 0.1) is 29.5 Å². The van der Waals surface area contributed by atoms with Crippen LogP contribution < -0.4 is 15.0 Å². The van der Waals surface area contributed by atoms with Gasteiger partial charge in [0.1, 0.15) is 5.75 Å². The summed E-state index contributed by atoms with van der Waals surface area (Å²) >= 11 is 12.3. The molecule has 1 aliphatic heterocycles. The van der Waals surface area contributed by atoms with Crippen molar-refractivity contribution in [3.05, 3.63) is 52.5 Å². The molecule has 0 aliphatic carbocycles. The molecule has 1 aliphatic rings. The summed E-state index contributed by atoms with van der Waals surface area (Å²) in [6.07, 6.45) is 0. The summed E-state index contributed by atoms with van der Waals surface area (Å²) in [6.45, 7) is 5.13. The lowest BCUT2D eigenvalue weighted by Gasteiger charge is -2.38. The molecule has 1 N–H and O–H groups in total. The Morgan fingerprint density at radius 1 is 1.11 bits per heavy atom. The van der Waals surface area contributed by atoms with Gasteiger partial charge in [-0.05, 0) is 37.3 Å². The van der Waals surface area contributed by atoms with Gasteiger partial charge in [0.25, 0.3) is 0 Å². The standard InChI is InChI=1S/C20H23Cl2N3O2/c1-14(20(26)23-17-13-15(21)7-8-19(17)27-2)24-9-11-25(12-10-24)18-6-4-3-5-16(18)22/h3-8,13-14H,9-12H2,1-2H3,(H,23,26). The normalized spacial score (nSPS) is 16.1. The predicted octanol–water partition coefficient (Wildman–Crippen LogP) is 4.15. The van der Waals surface area contributed by atoms with E-state index in [0.29, 0.717) is 16.5 Å². The maximum Gasteiger partial charge on any atom is 0.241 e. The molecular weight excluding hydrogens is 385 g/mol. The molecule has 1 saturated heterocycles. The maximum atomic E-state index is 12.7. The lowest BCUT2D eigenvalue weighted by atomic mass is 10.2. The predicted molar refractivity (Wildman–Crippen MR) is 111 cm³/mol. The summed E-state index contributed by atoms with van der Waals surface area (Å²) < 4.78 is 5.29. The number of nitrogens with one attached hydrogen (secondary N) is 1. The first-order valence-electron chi connectivity index (χ1n) is 8.87. The number of carbonyl (C=O) groups is 1. The molecule has 0 aromatic heterocycles. The Bertz CT molecular complexity index is 808. The molecule has 7 heteroatoms. The summed E-state index contributed by atoms with van der Waals surface area (Å²) in [4.78, 5) is 17.1. The van der Waals surface area contributed by atoms with E-state index in [2.05, 4.69) is 15.1 Å². The van der Waals surface area contributed by atoms with Gasteiger partial charge in [-0.3, -0.25) is 9.69 Å². The Balaban J connectivity index is 1.61. The summed E-state index contributed by atoms with van der Waals surface area (Å²) in [5.41, 5.74) is 1.62. The number of piperazine rings is 1. The highest BCUT2D eigenvalue weighted by Crippen LogP contribution is 2.29. The van der Waals surface area contributed by atoms with Crippen molar-refractivity contribution in [3.63, 3.8) is 0 Å². The SMILES string of the molecule is COc1ccc(Cl)cc1NC(=O)C(C)N1CCN(c2ccccc2Cl)CC1. The molecule has 0 bridgehead atoms. The quantitative estimate of drug-likeness (QED) is 0.808. The Morgan fingerprint density at radius 2 is 1.81 bits per heavy atom. The largest absolute Gasteiger partial charge is 0.495 e. The van der Waals surface area contributed by atoms with E-state index in [-0.39, 0.29) is 11.9 Å². The zero-order valence-corrected chi connectivity index (χ0v) is 16.9. The van der Waals surface area contributed by atoms with Crippen LogP contribution in [-0.4, -0.2) is 50.1 Å². The number of ether oxygens (including phenoxy) is 1. The summed E-state index contributed by atoms with van der Waals surface area (Å²) in [7, 11) is 1.57. The highest BCUT2D eigenvalue weighted by atomic mass is 35.5. The third kappa shape index (κ3) is 4.67. The van der Waals surface area contributed by atoms with Crippen LogP contribution in [0.2, 0.25) is 10.0 Å². The van der Waals surface area contributed by atoms with Gasteiger partial charge in [-0.1, -0.05) is 35.3 Å². The molecule has 1 amide bonds. The number of hydrogen-bond donors (Lipinski definition) is 1. The zero-order chi connectivity index (χ0) is 19.4. The molecule has 144 valence electrons. The third-order valence-corrected chi connectivity index (χ3v) is 5.41. The summed E-state index contributed by atoms with van der Waals surface area (Å²) in [5.74, 6) is 0.505. The van der Waals surface area contributed by atoms with Crippen LogP contribution in [0.4, 0.5) is 11.4 Å². The number of rotatable bonds is 5. The first-order valence-corrected chi connectivity index (χ1v) is 9.63. The van der Waals surface area contributed by atoms with Crippen LogP contribution in [0.3, 0.4) is 0 Å². The van der Waals surface area contributed by atoms with Crippen molar-refractivity contribution in [1.82, 2.24) is 4.90 Å². The second-order valence-corrected chi connectivity index (χ2v) is 7.33. The zero-order valence-electron chi connectivity index (χ0n) is 15.4. The smallest absolute Gasteiger partial charge is 0.241 e. The molecule has 1 fully saturated rings. The number of carbonyl (C=O) groups excluding carboxylic acids is 1. The summed E-state index contributed by atoms with van der Waals surface area (Å²) in [5, 5.41) is 4.23. The van der Waals surface area contributed by atoms with Crippen LogP contribution in [0.5, 0.6) is 5.75 Å². The average molecular weight is 408 g/mol. The van der Waals surface area contributed by atoms with E-state index in [9.17, 15) is 4.79 Å². The topological polar surface area (TPSA) is 44.8 Å². The Kier molecular flexibility index (Phi) is 6.47. The van der Waals surface area contributed by atoms with Crippen molar-refractivity contribution < 1.29 is 9.53 Å². The number of amides is 1. The molecule has 0 radical (unpaired) electrons. The first-order chi connectivity index (χ1) is 13.0. The van der Waals surface area contributed by atoms with Crippen LogP contribution in [0.25, 0.3) is 0 Å². The van der Waals surface area contributed by atoms with Crippen molar-refractivity contribution >= 4 is 40.5 Å². The van der Waals surface area contributed by atoms with E-state index in [1.807, 2.05) is 31.2 Å². The molecule has 2 aromatic rings. The van der Waals surface area contributed by atoms with Crippen molar-refractivity contribution in [2.75, 3.05) is 43.5 Å². The van der Waals surface area contributed by atoms with Crippen molar-refractivity contribution in [3.8, 4) is 5.75 Å². The number of halogens is 2. The van der Waals surface area contributed by atoms with E-state index >= 15 is 0 Å². The second-order valence-electron chi connectivity index (χ2n) is 6.48. The van der Waals surface area contributed by atoms with Gasteiger partial charge in [-0.2, -0.15) is 0 Å². The van der Waals surface area contributed by atoms with E-state index in [1.165, 1.54) is 0 Å².